The Hall–Kier alpha value is -0.734. The van der Waals surface area contributed by atoms with E-state index in [1.54, 1.807) is 6.07 Å². The van der Waals surface area contributed by atoms with Crippen molar-refractivity contribution in [2.24, 2.45) is 0 Å². The molecule has 0 radical (unpaired) electrons. The van der Waals surface area contributed by atoms with E-state index in [9.17, 15) is 5.11 Å². The fourth-order valence-corrected chi connectivity index (χ4v) is 1.21. The monoisotopic (exact) mass is 170 g/mol. The number of hydrogen-bond acceptors (Lipinski definition) is 1. The highest BCUT2D eigenvalue weighted by molar-refractivity contribution is 5.87. The first-order chi connectivity index (χ1) is 5.38. The van der Waals surface area contributed by atoms with Gasteiger partial charge in [-0.15, -0.1) is 0 Å². The van der Waals surface area contributed by atoms with Crippen molar-refractivity contribution >= 4 is 33.8 Å². The Kier molecular flexibility index (Phi) is 2.95. The van der Waals surface area contributed by atoms with Gasteiger partial charge in [-0.1, -0.05) is 36.4 Å². The van der Waals surface area contributed by atoms with Crippen LogP contribution in [0.2, 0.25) is 0 Å². The number of hydrogen-bond donors (Lipinski definition) is 1. The fourth-order valence-electron chi connectivity index (χ4n) is 1.21. The summed E-state index contributed by atoms with van der Waals surface area (Å²) in [6.45, 7) is 0. The molecule has 0 aliphatic rings. The summed E-state index contributed by atoms with van der Waals surface area (Å²) in [5.41, 5.74) is 0. The summed E-state index contributed by atoms with van der Waals surface area (Å²) in [6.07, 6.45) is 0. The van der Waals surface area contributed by atoms with E-state index in [1.807, 2.05) is 36.4 Å². The van der Waals surface area contributed by atoms with E-state index in [2.05, 4.69) is 0 Å². The number of rotatable bonds is 0. The molecule has 1 N–H and O–H groups in total. The third-order valence-corrected chi connectivity index (χ3v) is 1.77. The summed E-state index contributed by atoms with van der Waals surface area (Å²) in [7, 11) is 0. The van der Waals surface area contributed by atoms with Gasteiger partial charge in [-0.2, -0.15) is 0 Å². The number of aromatic hydroxyl groups is 1. The average Bonchev–Trinajstić information content (AvgIpc) is 2.06. The van der Waals surface area contributed by atoms with Crippen LogP contribution in [-0.4, -0.2) is 28.2 Å². The molecule has 0 spiro atoms. The van der Waals surface area contributed by atoms with Crippen molar-refractivity contribution < 1.29 is 5.11 Å². The second kappa shape index (κ2) is 3.78. The van der Waals surface area contributed by atoms with Crippen LogP contribution in [0.4, 0.5) is 0 Å². The van der Waals surface area contributed by atoms with Gasteiger partial charge in [-0.05, 0) is 11.5 Å². The van der Waals surface area contributed by atoms with E-state index in [4.69, 9.17) is 0 Å². The molecule has 0 bridgehead atoms. The first-order valence-electron chi connectivity index (χ1n) is 3.54. The van der Waals surface area contributed by atoms with E-state index in [0.717, 1.165) is 10.8 Å². The summed E-state index contributed by atoms with van der Waals surface area (Å²) < 4.78 is 0. The third-order valence-electron chi connectivity index (χ3n) is 1.77. The predicted molar refractivity (Wildman–Crippen MR) is 54.2 cm³/mol. The zero-order valence-electron chi connectivity index (χ0n) is 5.99. The van der Waals surface area contributed by atoms with E-state index >= 15 is 0 Å². The molecular weight excluding hydrogens is 160 g/mol. The van der Waals surface area contributed by atoms with Crippen molar-refractivity contribution in [1.29, 1.82) is 0 Å². The minimum absolute atomic E-state index is 0. The van der Waals surface area contributed by atoms with Gasteiger partial charge in [0.05, 0.1) is 0 Å². The molecule has 0 aliphatic heterocycles. The normalized spacial score (nSPS) is 9.33. The number of phenols is 1. The number of benzene rings is 2. The molecule has 0 atom stereocenters. The molecule has 0 heterocycles. The van der Waals surface area contributed by atoms with Gasteiger partial charge in [0.2, 0.25) is 0 Å². The maximum atomic E-state index is 9.37. The van der Waals surface area contributed by atoms with Crippen molar-refractivity contribution in [1.82, 2.24) is 0 Å². The Labute approximate surface area is 87.2 Å². The highest BCUT2D eigenvalue weighted by Crippen LogP contribution is 2.22. The summed E-state index contributed by atoms with van der Waals surface area (Å²) in [4.78, 5) is 0. The maximum absolute atomic E-state index is 9.37. The number of phenolic OH excluding ortho intramolecular Hbond substituents is 1. The lowest BCUT2D eigenvalue weighted by atomic mass is 10.1. The first kappa shape index (κ1) is 9.35. The lowest BCUT2D eigenvalue weighted by Crippen LogP contribution is -1.70. The molecule has 2 aromatic rings. The second-order valence-electron chi connectivity index (χ2n) is 2.50. The average molecular weight is 170 g/mol. The van der Waals surface area contributed by atoms with Gasteiger partial charge < -0.3 is 5.11 Å². The van der Waals surface area contributed by atoms with Gasteiger partial charge in [0, 0.05) is 5.39 Å². The second-order valence-corrected chi connectivity index (χ2v) is 2.50. The minimum Gasteiger partial charge on any atom is -0.507 e. The largest absolute Gasteiger partial charge is 0.507 e. The van der Waals surface area contributed by atoms with E-state index in [1.165, 1.54) is 0 Å². The van der Waals surface area contributed by atoms with Gasteiger partial charge in [-0.3, -0.25) is 0 Å². The molecule has 0 aliphatic carbocycles. The third kappa shape index (κ3) is 1.54. The highest BCUT2D eigenvalue weighted by atomic mass is 24.3. The van der Waals surface area contributed by atoms with Crippen LogP contribution in [0, 0.1) is 0 Å². The van der Waals surface area contributed by atoms with Crippen molar-refractivity contribution in [3.05, 3.63) is 42.5 Å². The Balaban J connectivity index is 0.000000720. The molecule has 0 unspecified atom stereocenters. The van der Waals surface area contributed by atoms with Crippen LogP contribution in [0.3, 0.4) is 0 Å². The van der Waals surface area contributed by atoms with Crippen LogP contribution in [0.25, 0.3) is 10.8 Å². The van der Waals surface area contributed by atoms with Crippen LogP contribution in [0.15, 0.2) is 42.5 Å². The number of fused-ring (bicyclic) bond motifs is 1. The lowest BCUT2D eigenvalue weighted by Gasteiger charge is -1.97. The molecule has 0 aromatic heterocycles. The summed E-state index contributed by atoms with van der Waals surface area (Å²) in [6, 6.07) is 13.3. The molecule has 58 valence electrons. The fraction of sp³-hybridized carbons (Fsp3) is 0. The quantitative estimate of drug-likeness (QED) is 0.596. The van der Waals surface area contributed by atoms with Crippen LogP contribution in [0.1, 0.15) is 0 Å². The SMILES string of the molecule is Oc1cccc2ccccc12.[MgH2]. The summed E-state index contributed by atoms with van der Waals surface area (Å²) in [5, 5.41) is 11.4. The van der Waals surface area contributed by atoms with Crippen molar-refractivity contribution in [3.63, 3.8) is 0 Å². The van der Waals surface area contributed by atoms with E-state index in [0.29, 0.717) is 5.75 Å². The molecular formula is C10H10MgO. The molecule has 12 heavy (non-hydrogen) atoms. The van der Waals surface area contributed by atoms with Gasteiger partial charge in [0.25, 0.3) is 0 Å². The van der Waals surface area contributed by atoms with Crippen LogP contribution in [-0.2, 0) is 0 Å². The molecule has 0 amide bonds. The molecule has 1 nitrogen and oxygen atoms in total. The zero-order valence-corrected chi connectivity index (χ0v) is 5.99. The van der Waals surface area contributed by atoms with Crippen molar-refractivity contribution in [3.8, 4) is 5.75 Å². The highest BCUT2D eigenvalue weighted by Gasteiger charge is 1.94. The van der Waals surface area contributed by atoms with Gasteiger partial charge in [-0.25, -0.2) is 0 Å². The summed E-state index contributed by atoms with van der Waals surface area (Å²) in [5.74, 6) is 0.350. The van der Waals surface area contributed by atoms with Crippen molar-refractivity contribution in [2.75, 3.05) is 0 Å². The molecule has 0 saturated carbocycles. The Bertz CT molecular complexity index is 379. The van der Waals surface area contributed by atoms with Gasteiger partial charge in [0.1, 0.15) is 5.75 Å². The van der Waals surface area contributed by atoms with Crippen LogP contribution in [0.5, 0.6) is 5.75 Å². The van der Waals surface area contributed by atoms with Crippen molar-refractivity contribution in [2.45, 2.75) is 0 Å². The van der Waals surface area contributed by atoms with E-state index < -0.39 is 0 Å². The molecule has 2 heteroatoms. The van der Waals surface area contributed by atoms with Gasteiger partial charge in [0.15, 0.2) is 0 Å². The Morgan fingerprint density at radius 2 is 1.50 bits per heavy atom. The predicted octanol–water partition coefficient (Wildman–Crippen LogP) is 1.63. The maximum Gasteiger partial charge on any atom is 0.316 e. The topological polar surface area (TPSA) is 20.2 Å². The lowest BCUT2D eigenvalue weighted by molar-refractivity contribution is 0.481. The standard InChI is InChI=1S/C10H8O.Mg.2H/c11-10-7-3-5-8-4-1-2-6-9(8)10;;;/h1-7,11H;;;. The molecule has 0 fully saturated rings. The molecule has 2 rings (SSSR count). The Morgan fingerprint density at radius 3 is 2.25 bits per heavy atom. The van der Waals surface area contributed by atoms with Crippen LogP contribution >= 0.6 is 0 Å². The minimum atomic E-state index is 0. The van der Waals surface area contributed by atoms with Crippen LogP contribution < -0.4 is 0 Å². The first-order valence-corrected chi connectivity index (χ1v) is 3.54. The van der Waals surface area contributed by atoms with Gasteiger partial charge >= 0.3 is 23.1 Å². The molecule has 0 saturated heterocycles. The van der Waals surface area contributed by atoms with E-state index in [-0.39, 0.29) is 23.1 Å². The smallest absolute Gasteiger partial charge is 0.316 e. The summed E-state index contributed by atoms with van der Waals surface area (Å²) >= 11 is 0. The zero-order chi connectivity index (χ0) is 7.68. The Morgan fingerprint density at radius 1 is 0.833 bits per heavy atom. The molecule has 2 aromatic carbocycles.